The number of hydrogen-bond acceptors (Lipinski definition) is 5. The van der Waals surface area contributed by atoms with Crippen LogP contribution in [-0.2, 0) is 10.0 Å². The lowest BCUT2D eigenvalue weighted by atomic mass is 9.85. The number of likely N-dealkylation sites (N-methyl/N-ethyl adjacent to an activating group) is 1. The predicted octanol–water partition coefficient (Wildman–Crippen LogP) is 3.24. The van der Waals surface area contributed by atoms with Gasteiger partial charge in [-0.3, -0.25) is 9.62 Å². The Morgan fingerprint density at radius 1 is 1.21 bits per heavy atom. The van der Waals surface area contributed by atoms with E-state index in [0.29, 0.717) is 13.1 Å². The monoisotopic (exact) mass is 446 g/mol. The molecule has 2 aliphatic heterocycles. The highest BCUT2D eigenvalue weighted by atomic mass is 35.5. The smallest absolute Gasteiger partial charge is 0.268 e. The first-order chi connectivity index (χ1) is 13.6. The Bertz CT molecular complexity index is 1090. The van der Waals surface area contributed by atoms with Gasteiger partial charge in [0.15, 0.2) is 10.7 Å². The largest absolute Gasteiger partial charge is 0.368 e. The topological polar surface area (TPSA) is 65.5 Å². The molecule has 4 rings (SSSR count). The second kappa shape index (κ2) is 7.03. The van der Waals surface area contributed by atoms with Gasteiger partial charge in [0.25, 0.3) is 10.0 Å². The van der Waals surface area contributed by atoms with E-state index in [0.717, 1.165) is 37.6 Å². The van der Waals surface area contributed by atoms with E-state index >= 15 is 0 Å². The van der Waals surface area contributed by atoms with E-state index in [1.54, 1.807) is 4.90 Å². The maximum atomic E-state index is 14.9. The summed E-state index contributed by atoms with van der Waals surface area (Å²) in [5, 5.41) is -0.474. The normalized spacial score (nSPS) is 22.2. The van der Waals surface area contributed by atoms with Gasteiger partial charge in [0.1, 0.15) is 16.7 Å². The Labute approximate surface area is 171 Å². The van der Waals surface area contributed by atoms with Crippen LogP contribution < -0.4 is 9.62 Å². The van der Waals surface area contributed by atoms with Gasteiger partial charge in [0.05, 0.1) is 5.69 Å². The Balaban J connectivity index is 1.67. The quantitative estimate of drug-likeness (QED) is 0.577. The minimum Gasteiger partial charge on any atom is -0.368 e. The standard InChI is InChI=1S/C18H18ClF3N4O2S/c1-25-7-5-18(25)6-8-26(10-18)12-9-11(20)17(16(22)15(12)19)29(27,28)24-14-4-2-3-13(21)23-14/h2-4,9H,5-8,10H2,1H3,(H,23,24)/t18-/m0/s1. The molecular weight excluding hydrogens is 429 g/mol. The third-order valence-corrected chi connectivity index (χ3v) is 7.46. The summed E-state index contributed by atoms with van der Waals surface area (Å²) in [5.41, 5.74) is 0.0766. The molecule has 2 aliphatic rings. The molecule has 11 heteroatoms. The van der Waals surface area contributed by atoms with Gasteiger partial charge < -0.3 is 4.90 Å². The highest BCUT2D eigenvalue weighted by molar-refractivity contribution is 7.92. The lowest BCUT2D eigenvalue weighted by Crippen LogP contribution is -2.59. The summed E-state index contributed by atoms with van der Waals surface area (Å²) in [7, 11) is -2.72. The molecular formula is C18H18ClF3N4O2S. The molecule has 0 amide bonds. The van der Waals surface area contributed by atoms with E-state index in [-0.39, 0.29) is 11.2 Å². The van der Waals surface area contributed by atoms with Crippen molar-refractivity contribution in [1.29, 1.82) is 0 Å². The fraction of sp³-hybridized carbons (Fsp3) is 0.389. The fourth-order valence-corrected chi connectivity index (χ4v) is 5.39. The first-order valence-corrected chi connectivity index (χ1v) is 10.8. The Morgan fingerprint density at radius 3 is 2.52 bits per heavy atom. The number of sulfonamides is 1. The Kier molecular flexibility index (Phi) is 4.91. The summed E-state index contributed by atoms with van der Waals surface area (Å²) in [6.07, 6.45) is 1.81. The van der Waals surface area contributed by atoms with E-state index < -0.39 is 43.3 Å². The van der Waals surface area contributed by atoms with Gasteiger partial charge in [-0.2, -0.15) is 4.39 Å². The lowest BCUT2D eigenvalue weighted by molar-refractivity contribution is 0.0307. The third-order valence-electron chi connectivity index (χ3n) is 5.72. The average molecular weight is 447 g/mol. The molecule has 1 aromatic heterocycles. The molecule has 156 valence electrons. The van der Waals surface area contributed by atoms with Gasteiger partial charge in [0.2, 0.25) is 5.95 Å². The van der Waals surface area contributed by atoms with Crippen molar-refractivity contribution in [3.05, 3.63) is 46.9 Å². The van der Waals surface area contributed by atoms with Gasteiger partial charge >= 0.3 is 0 Å². The zero-order chi connectivity index (χ0) is 21.0. The summed E-state index contributed by atoms with van der Waals surface area (Å²) < 4.78 is 69.7. The number of anilines is 2. The van der Waals surface area contributed by atoms with Crippen LogP contribution in [0.5, 0.6) is 0 Å². The molecule has 6 nitrogen and oxygen atoms in total. The molecule has 0 radical (unpaired) electrons. The first kappa shape index (κ1) is 20.2. The molecule has 2 saturated heterocycles. The van der Waals surface area contributed by atoms with Crippen molar-refractivity contribution in [2.45, 2.75) is 23.3 Å². The van der Waals surface area contributed by atoms with Crippen molar-refractivity contribution in [2.24, 2.45) is 0 Å². The number of rotatable bonds is 4. The highest BCUT2D eigenvalue weighted by Crippen LogP contribution is 2.43. The van der Waals surface area contributed by atoms with Gasteiger partial charge in [-0.25, -0.2) is 22.2 Å². The molecule has 1 aromatic carbocycles. The van der Waals surface area contributed by atoms with Gasteiger partial charge in [-0.05, 0) is 32.0 Å². The molecule has 2 fully saturated rings. The molecule has 3 heterocycles. The van der Waals surface area contributed by atoms with E-state index in [2.05, 4.69) is 9.88 Å². The Morgan fingerprint density at radius 2 is 1.93 bits per heavy atom. The first-order valence-electron chi connectivity index (χ1n) is 8.92. The summed E-state index contributed by atoms with van der Waals surface area (Å²) in [6, 6.07) is 4.30. The van der Waals surface area contributed by atoms with Crippen LogP contribution in [0.2, 0.25) is 5.02 Å². The molecule has 0 unspecified atom stereocenters. The molecule has 1 atom stereocenters. The maximum Gasteiger partial charge on any atom is 0.268 e. The molecule has 1 N–H and O–H groups in total. The van der Waals surface area contributed by atoms with Gasteiger partial charge in [-0.15, -0.1) is 0 Å². The van der Waals surface area contributed by atoms with Gasteiger partial charge in [-0.1, -0.05) is 17.7 Å². The van der Waals surface area contributed by atoms with Crippen molar-refractivity contribution in [3.8, 4) is 0 Å². The van der Waals surface area contributed by atoms with E-state index in [1.807, 2.05) is 11.8 Å². The van der Waals surface area contributed by atoms with E-state index in [4.69, 9.17) is 11.6 Å². The zero-order valence-electron chi connectivity index (χ0n) is 15.4. The van der Waals surface area contributed by atoms with E-state index in [1.165, 1.54) is 6.07 Å². The van der Waals surface area contributed by atoms with Crippen LogP contribution in [0.15, 0.2) is 29.2 Å². The van der Waals surface area contributed by atoms with Crippen LogP contribution >= 0.6 is 11.6 Å². The molecule has 29 heavy (non-hydrogen) atoms. The summed E-state index contributed by atoms with van der Waals surface area (Å²) in [5.74, 6) is -4.02. The van der Waals surface area contributed by atoms with Crippen LogP contribution in [0.3, 0.4) is 0 Å². The molecule has 0 saturated carbocycles. The number of likely N-dealkylation sites (tertiary alicyclic amines) is 1. The van der Waals surface area contributed by atoms with Crippen molar-refractivity contribution >= 4 is 33.1 Å². The van der Waals surface area contributed by atoms with Crippen molar-refractivity contribution in [1.82, 2.24) is 9.88 Å². The minimum absolute atomic E-state index is 0.0361. The molecule has 0 aliphatic carbocycles. The fourth-order valence-electron chi connectivity index (χ4n) is 3.93. The zero-order valence-corrected chi connectivity index (χ0v) is 17.0. The predicted molar refractivity (Wildman–Crippen MR) is 103 cm³/mol. The number of halogens is 4. The van der Waals surface area contributed by atoms with Crippen molar-refractivity contribution in [3.63, 3.8) is 0 Å². The van der Waals surface area contributed by atoms with Crippen LogP contribution in [0.25, 0.3) is 0 Å². The number of nitrogens with one attached hydrogen (secondary N) is 1. The third kappa shape index (κ3) is 3.43. The SMILES string of the molecule is CN1CC[C@@]12CCN(c1cc(F)c(S(=O)(=O)Nc3cccc(F)n3)c(F)c1Cl)C2. The number of hydrogen-bond donors (Lipinski definition) is 1. The lowest BCUT2D eigenvalue weighted by Gasteiger charge is -2.48. The molecule has 0 bridgehead atoms. The summed E-state index contributed by atoms with van der Waals surface area (Å²) >= 11 is 6.11. The number of nitrogens with zero attached hydrogens (tertiary/aromatic N) is 3. The maximum absolute atomic E-state index is 14.9. The van der Waals surface area contributed by atoms with Crippen LogP contribution in [0, 0.1) is 17.6 Å². The molecule has 1 spiro atoms. The van der Waals surface area contributed by atoms with Crippen LogP contribution in [0.4, 0.5) is 24.7 Å². The second-order valence-electron chi connectivity index (χ2n) is 7.35. The summed E-state index contributed by atoms with van der Waals surface area (Å²) in [6.45, 7) is 2.07. The second-order valence-corrected chi connectivity index (χ2v) is 9.35. The van der Waals surface area contributed by atoms with E-state index in [9.17, 15) is 21.6 Å². The molecule has 2 aromatic rings. The van der Waals surface area contributed by atoms with Crippen LogP contribution in [0.1, 0.15) is 12.8 Å². The Hall–Kier alpha value is -2.04. The highest BCUT2D eigenvalue weighted by Gasteiger charge is 2.47. The van der Waals surface area contributed by atoms with Crippen molar-refractivity contribution in [2.75, 3.05) is 36.3 Å². The van der Waals surface area contributed by atoms with Gasteiger partial charge in [0, 0.05) is 31.2 Å². The number of aromatic nitrogens is 1. The number of benzene rings is 1. The van der Waals surface area contributed by atoms with Crippen molar-refractivity contribution < 1.29 is 21.6 Å². The summed E-state index contributed by atoms with van der Waals surface area (Å²) in [4.78, 5) is 6.07. The number of pyridine rings is 1. The van der Waals surface area contributed by atoms with Crippen LogP contribution in [-0.4, -0.2) is 50.5 Å². The average Bonchev–Trinajstić information content (AvgIpc) is 3.11. The minimum atomic E-state index is -4.72.